The van der Waals surface area contributed by atoms with Gasteiger partial charge in [-0.15, -0.1) is 0 Å². The van der Waals surface area contributed by atoms with Gasteiger partial charge in [0.25, 0.3) is 5.56 Å². The van der Waals surface area contributed by atoms with E-state index >= 15 is 0 Å². The lowest BCUT2D eigenvalue weighted by molar-refractivity contribution is 0.520. The van der Waals surface area contributed by atoms with Crippen molar-refractivity contribution >= 4 is 10.9 Å². The van der Waals surface area contributed by atoms with Gasteiger partial charge in [0.15, 0.2) is 5.82 Å². The van der Waals surface area contributed by atoms with Gasteiger partial charge in [-0.3, -0.25) is 14.8 Å². The van der Waals surface area contributed by atoms with Gasteiger partial charge in [-0.1, -0.05) is 6.42 Å². The molecule has 1 aliphatic rings. The number of aromatic amines is 1. The van der Waals surface area contributed by atoms with E-state index in [0.29, 0.717) is 17.2 Å². The maximum atomic E-state index is 11.2. The van der Waals surface area contributed by atoms with Crippen molar-refractivity contribution in [1.29, 1.82) is 0 Å². The molecule has 0 spiro atoms. The summed E-state index contributed by atoms with van der Waals surface area (Å²) >= 11 is 0. The van der Waals surface area contributed by atoms with Crippen LogP contribution in [0.4, 0.5) is 0 Å². The van der Waals surface area contributed by atoms with Crippen molar-refractivity contribution in [3.8, 4) is 17.2 Å². The minimum absolute atomic E-state index is 0.261. The molecule has 29 heavy (non-hydrogen) atoms. The van der Waals surface area contributed by atoms with Crippen molar-refractivity contribution in [2.45, 2.75) is 26.2 Å². The molecule has 0 amide bonds. The van der Waals surface area contributed by atoms with E-state index < -0.39 is 0 Å². The fraction of sp³-hybridized carbons (Fsp3) is 0.300. The molecule has 0 unspecified atom stereocenters. The van der Waals surface area contributed by atoms with Crippen molar-refractivity contribution < 1.29 is 0 Å². The Balaban J connectivity index is 0.000000294. The quantitative estimate of drug-likeness (QED) is 0.538. The van der Waals surface area contributed by atoms with Gasteiger partial charge in [-0.2, -0.15) is 10.2 Å². The number of fused-ring (bicyclic) bond motifs is 1. The maximum absolute atomic E-state index is 11.2. The number of nitrogens with zero attached hydrogens (tertiary/aromatic N) is 6. The van der Waals surface area contributed by atoms with Crippen molar-refractivity contribution in [3.63, 3.8) is 0 Å². The van der Waals surface area contributed by atoms with Gasteiger partial charge in [0.05, 0.1) is 29.3 Å². The summed E-state index contributed by atoms with van der Waals surface area (Å²) < 4.78 is 1.64. The first-order chi connectivity index (χ1) is 14.2. The average molecular weight is 390 g/mol. The summed E-state index contributed by atoms with van der Waals surface area (Å²) in [5.41, 5.74) is 2.76. The van der Waals surface area contributed by atoms with E-state index in [2.05, 4.69) is 35.6 Å². The fourth-order valence-corrected chi connectivity index (χ4v) is 3.09. The summed E-state index contributed by atoms with van der Waals surface area (Å²) in [6, 6.07) is 4.89. The van der Waals surface area contributed by atoms with Crippen molar-refractivity contribution in [3.05, 3.63) is 59.0 Å². The Morgan fingerprint density at radius 1 is 1.00 bits per heavy atom. The van der Waals surface area contributed by atoms with Crippen LogP contribution in [0.15, 0.2) is 47.8 Å². The molecule has 0 aromatic carbocycles. The standard InChI is InChI=1S/C15H11N7O.C5H11N/c1-9-5-16-8-12(19-9)11-4-13-10(6-17-11)7-18-22(13)14-2-3-15(23)21-20-14;1-2-4-6-5-3-1/h2-8H,1H3,(H,21,23);6H,1-5H2. The lowest BCUT2D eigenvalue weighted by atomic mass is 10.2. The van der Waals surface area contributed by atoms with Gasteiger partial charge in [-0.25, -0.2) is 14.8 Å². The number of hydrogen-bond donors (Lipinski definition) is 2. The van der Waals surface area contributed by atoms with Crippen molar-refractivity contribution in [2.24, 2.45) is 0 Å². The number of hydrogen-bond acceptors (Lipinski definition) is 7. The van der Waals surface area contributed by atoms with Gasteiger partial charge in [0, 0.05) is 23.8 Å². The van der Waals surface area contributed by atoms with E-state index in [1.54, 1.807) is 35.5 Å². The summed E-state index contributed by atoms with van der Waals surface area (Å²) in [6.45, 7) is 4.38. The number of H-pyrrole nitrogens is 1. The third-order valence-electron chi connectivity index (χ3n) is 4.56. The summed E-state index contributed by atoms with van der Waals surface area (Å²) in [4.78, 5) is 24.1. The Hall–Kier alpha value is -3.46. The Labute approximate surface area is 167 Å². The number of piperidine rings is 1. The molecule has 0 saturated carbocycles. The predicted octanol–water partition coefficient (Wildman–Crippen LogP) is 2.03. The largest absolute Gasteiger partial charge is 0.317 e. The van der Waals surface area contributed by atoms with Gasteiger partial charge in [-0.05, 0) is 45.0 Å². The number of aryl methyl sites for hydroxylation is 1. The first kappa shape index (κ1) is 18.9. The third kappa shape index (κ3) is 4.52. The molecule has 1 fully saturated rings. The molecule has 148 valence electrons. The summed E-state index contributed by atoms with van der Waals surface area (Å²) in [6.07, 6.45) is 11.0. The molecule has 0 radical (unpaired) electrons. The molecule has 2 N–H and O–H groups in total. The molecule has 0 bridgehead atoms. The number of nitrogens with one attached hydrogen (secondary N) is 2. The van der Waals surface area contributed by atoms with E-state index in [-0.39, 0.29) is 5.56 Å². The Morgan fingerprint density at radius 3 is 2.52 bits per heavy atom. The van der Waals surface area contributed by atoms with Crippen LogP contribution in [0.3, 0.4) is 0 Å². The third-order valence-corrected chi connectivity index (χ3v) is 4.56. The number of rotatable bonds is 2. The van der Waals surface area contributed by atoms with Crippen LogP contribution in [0.1, 0.15) is 25.0 Å². The summed E-state index contributed by atoms with van der Waals surface area (Å²) in [5, 5.41) is 14.9. The molecule has 0 atom stereocenters. The molecular formula is C20H22N8O. The second-order valence-electron chi connectivity index (χ2n) is 6.82. The fourth-order valence-electron chi connectivity index (χ4n) is 3.09. The highest BCUT2D eigenvalue weighted by Crippen LogP contribution is 2.21. The number of aromatic nitrogens is 7. The predicted molar refractivity (Wildman–Crippen MR) is 110 cm³/mol. The zero-order chi connectivity index (χ0) is 20.1. The Morgan fingerprint density at radius 2 is 1.86 bits per heavy atom. The molecule has 5 rings (SSSR count). The molecule has 1 saturated heterocycles. The van der Waals surface area contributed by atoms with E-state index in [4.69, 9.17) is 0 Å². The molecule has 4 aromatic heterocycles. The smallest absolute Gasteiger partial charge is 0.264 e. The van der Waals surface area contributed by atoms with E-state index in [1.165, 1.54) is 38.4 Å². The van der Waals surface area contributed by atoms with E-state index in [0.717, 1.165) is 16.6 Å². The average Bonchev–Trinajstić information content (AvgIpc) is 3.19. The first-order valence-corrected chi connectivity index (χ1v) is 9.60. The minimum atomic E-state index is -0.261. The Bertz CT molecular complexity index is 1130. The lowest BCUT2D eigenvalue weighted by Crippen LogP contribution is -2.21. The normalized spacial score (nSPS) is 13.7. The Kier molecular flexibility index (Phi) is 5.66. The molecule has 0 aliphatic carbocycles. The SMILES string of the molecule is C1CCNCC1.Cc1cncc(-c2cc3c(cn2)cnn3-c2ccc(=O)[nH]n2)n1. The van der Waals surface area contributed by atoms with Crippen LogP contribution in [0.25, 0.3) is 28.1 Å². The van der Waals surface area contributed by atoms with Crippen LogP contribution in [0, 0.1) is 6.92 Å². The van der Waals surface area contributed by atoms with Gasteiger partial charge >= 0.3 is 0 Å². The molecule has 1 aliphatic heterocycles. The first-order valence-electron chi connectivity index (χ1n) is 9.60. The van der Waals surface area contributed by atoms with Crippen LogP contribution in [-0.4, -0.2) is 48.0 Å². The minimum Gasteiger partial charge on any atom is -0.317 e. The molecule has 9 nitrogen and oxygen atoms in total. The van der Waals surface area contributed by atoms with Gasteiger partial charge < -0.3 is 5.32 Å². The molecular weight excluding hydrogens is 368 g/mol. The molecule has 5 heterocycles. The van der Waals surface area contributed by atoms with Crippen molar-refractivity contribution in [2.75, 3.05) is 13.1 Å². The monoisotopic (exact) mass is 390 g/mol. The second-order valence-corrected chi connectivity index (χ2v) is 6.82. The van der Waals surface area contributed by atoms with Crippen molar-refractivity contribution in [1.82, 2.24) is 40.2 Å². The van der Waals surface area contributed by atoms with Crippen LogP contribution in [0.5, 0.6) is 0 Å². The van der Waals surface area contributed by atoms with E-state index in [1.807, 2.05) is 13.0 Å². The highest BCUT2D eigenvalue weighted by molar-refractivity contribution is 5.82. The number of pyridine rings is 1. The van der Waals surface area contributed by atoms with Crippen LogP contribution in [-0.2, 0) is 0 Å². The topological polar surface area (TPSA) is 114 Å². The van der Waals surface area contributed by atoms with Crippen LogP contribution in [0.2, 0.25) is 0 Å². The van der Waals surface area contributed by atoms with Gasteiger partial charge in [0.2, 0.25) is 0 Å². The summed E-state index contributed by atoms with van der Waals surface area (Å²) in [7, 11) is 0. The highest BCUT2D eigenvalue weighted by atomic mass is 16.1. The maximum Gasteiger partial charge on any atom is 0.264 e. The lowest BCUT2D eigenvalue weighted by Gasteiger charge is -2.08. The molecule has 9 heteroatoms. The highest BCUT2D eigenvalue weighted by Gasteiger charge is 2.10. The zero-order valence-corrected chi connectivity index (χ0v) is 16.2. The second kappa shape index (κ2) is 8.70. The van der Waals surface area contributed by atoms with Crippen LogP contribution >= 0.6 is 0 Å². The van der Waals surface area contributed by atoms with E-state index in [9.17, 15) is 4.79 Å². The van der Waals surface area contributed by atoms with Gasteiger partial charge in [0.1, 0.15) is 5.69 Å². The van der Waals surface area contributed by atoms with Crippen LogP contribution < -0.4 is 10.9 Å². The zero-order valence-electron chi connectivity index (χ0n) is 16.2. The molecule has 4 aromatic rings. The summed E-state index contributed by atoms with van der Waals surface area (Å²) in [5.74, 6) is 0.520.